The van der Waals surface area contributed by atoms with Crippen LogP contribution in [0.1, 0.15) is 18.9 Å². The number of alkyl halides is 2. The number of hydrogen-bond donors (Lipinski definition) is 0. The van der Waals surface area contributed by atoms with E-state index in [4.69, 9.17) is 0 Å². The van der Waals surface area contributed by atoms with E-state index in [0.29, 0.717) is 12.8 Å². The fraction of sp³-hybridized carbons (Fsp3) is 0.333. The second-order valence-corrected chi connectivity index (χ2v) is 6.98. The van der Waals surface area contributed by atoms with Crippen LogP contribution < -0.4 is 0 Å². The van der Waals surface area contributed by atoms with Gasteiger partial charge in [0.05, 0.1) is 0 Å². The highest BCUT2D eigenvalue weighted by Crippen LogP contribution is 2.30. The molecule has 86 valence electrons. The minimum atomic E-state index is -1.21. The van der Waals surface area contributed by atoms with Crippen LogP contribution in [-0.2, 0) is 16.0 Å². The summed E-state index contributed by atoms with van der Waals surface area (Å²) < 4.78 is -1.21. The highest BCUT2D eigenvalue weighted by molar-refractivity contribution is 9.26. The fourth-order valence-electron chi connectivity index (χ4n) is 1.26. The lowest BCUT2D eigenvalue weighted by molar-refractivity contribution is -0.125. The average molecular weight is 348 g/mol. The number of Topliss-reactive ketones (excluding diaryl/α,β-unsaturated/α-hetero) is 2. The quantitative estimate of drug-likeness (QED) is 0.605. The predicted molar refractivity (Wildman–Crippen MR) is 71.0 cm³/mol. The Balaban J connectivity index is 2.57. The molecule has 0 amide bonds. The van der Waals surface area contributed by atoms with Crippen molar-refractivity contribution in [3.63, 3.8) is 0 Å². The van der Waals surface area contributed by atoms with Gasteiger partial charge in [-0.1, -0.05) is 62.2 Å². The minimum absolute atomic E-state index is 0.149. The van der Waals surface area contributed by atoms with Crippen molar-refractivity contribution >= 4 is 43.4 Å². The zero-order valence-corrected chi connectivity index (χ0v) is 12.0. The van der Waals surface area contributed by atoms with Gasteiger partial charge < -0.3 is 0 Å². The third kappa shape index (κ3) is 3.52. The topological polar surface area (TPSA) is 34.1 Å². The van der Waals surface area contributed by atoms with E-state index in [2.05, 4.69) is 31.9 Å². The Labute approximate surface area is 112 Å². The molecule has 0 aromatic heterocycles. The summed E-state index contributed by atoms with van der Waals surface area (Å²) in [4.78, 5) is 23.0. The van der Waals surface area contributed by atoms with E-state index in [-0.39, 0.29) is 11.6 Å². The van der Waals surface area contributed by atoms with E-state index >= 15 is 0 Å². The summed E-state index contributed by atoms with van der Waals surface area (Å²) >= 11 is 6.21. The molecule has 0 saturated heterocycles. The van der Waals surface area contributed by atoms with Gasteiger partial charge in [-0.2, -0.15) is 0 Å². The zero-order chi connectivity index (χ0) is 12.2. The molecule has 0 bridgehead atoms. The van der Waals surface area contributed by atoms with Gasteiger partial charge in [-0.15, -0.1) is 0 Å². The molecule has 1 rings (SSSR count). The molecule has 1 aromatic carbocycles. The van der Waals surface area contributed by atoms with Crippen molar-refractivity contribution in [1.29, 1.82) is 0 Å². The third-order valence-corrected chi connectivity index (χ3v) is 4.28. The van der Waals surface area contributed by atoms with E-state index in [1.165, 1.54) is 6.92 Å². The molecule has 1 aromatic rings. The molecule has 0 unspecified atom stereocenters. The molecule has 16 heavy (non-hydrogen) atoms. The first-order valence-corrected chi connectivity index (χ1v) is 6.49. The van der Waals surface area contributed by atoms with E-state index in [1.54, 1.807) is 0 Å². The minimum Gasteiger partial charge on any atom is -0.297 e. The maximum atomic E-state index is 11.8. The lowest BCUT2D eigenvalue weighted by Crippen LogP contribution is -2.32. The van der Waals surface area contributed by atoms with Crippen LogP contribution in [0.25, 0.3) is 0 Å². The molecule has 0 aliphatic heterocycles. The molecule has 4 heteroatoms. The van der Waals surface area contributed by atoms with E-state index in [0.717, 1.165) is 5.56 Å². The Kier molecular flexibility index (Phi) is 4.87. The Morgan fingerprint density at radius 2 is 1.75 bits per heavy atom. The molecule has 0 heterocycles. The molecule has 0 atom stereocenters. The van der Waals surface area contributed by atoms with Gasteiger partial charge in [0.25, 0.3) is 0 Å². The second kappa shape index (κ2) is 5.73. The van der Waals surface area contributed by atoms with Gasteiger partial charge in [-0.25, -0.2) is 0 Å². The van der Waals surface area contributed by atoms with Crippen LogP contribution >= 0.6 is 31.9 Å². The van der Waals surface area contributed by atoms with E-state index in [9.17, 15) is 9.59 Å². The van der Waals surface area contributed by atoms with E-state index < -0.39 is 3.23 Å². The van der Waals surface area contributed by atoms with Gasteiger partial charge in [0, 0.05) is 6.42 Å². The van der Waals surface area contributed by atoms with Crippen LogP contribution in [0, 0.1) is 0 Å². The number of halogens is 2. The molecule has 0 aliphatic carbocycles. The van der Waals surface area contributed by atoms with Crippen molar-refractivity contribution in [2.45, 2.75) is 23.0 Å². The second-order valence-electron chi connectivity index (χ2n) is 3.54. The lowest BCUT2D eigenvalue weighted by Gasteiger charge is -2.14. The van der Waals surface area contributed by atoms with Gasteiger partial charge in [0.2, 0.25) is 0 Å². The smallest absolute Gasteiger partial charge is 0.196 e. The summed E-state index contributed by atoms with van der Waals surface area (Å²) in [5, 5.41) is 0. The molecule has 2 nitrogen and oxygen atoms in total. The zero-order valence-electron chi connectivity index (χ0n) is 8.87. The molecule has 0 fully saturated rings. The predicted octanol–water partition coefficient (Wildman–Crippen LogP) is 3.26. The number of carbonyl (C=O) groups is 2. The first-order valence-electron chi connectivity index (χ1n) is 4.90. The standard InChI is InChI=1S/C12H12Br2O2/c1-9(15)12(13,14)11(16)8-7-10-5-3-2-4-6-10/h2-6H,7-8H2,1H3. The van der Waals surface area contributed by atoms with Gasteiger partial charge in [0.15, 0.2) is 14.8 Å². The van der Waals surface area contributed by atoms with Crippen LogP contribution in [0.2, 0.25) is 0 Å². The summed E-state index contributed by atoms with van der Waals surface area (Å²) in [6, 6.07) is 9.72. The van der Waals surface area contributed by atoms with Crippen LogP contribution in [0.5, 0.6) is 0 Å². The monoisotopic (exact) mass is 346 g/mol. The van der Waals surface area contributed by atoms with Crippen LogP contribution in [0.15, 0.2) is 30.3 Å². The normalized spacial score (nSPS) is 11.2. The van der Waals surface area contributed by atoms with Crippen molar-refractivity contribution < 1.29 is 9.59 Å². The number of benzene rings is 1. The first kappa shape index (κ1) is 13.6. The molecular formula is C12H12Br2O2. The van der Waals surface area contributed by atoms with E-state index in [1.807, 2.05) is 30.3 Å². The van der Waals surface area contributed by atoms with Crippen molar-refractivity contribution in [1.82, 2.24) is 0 Å². The summed E-state index contributed by atoms with van der Waals surface area (Å²) in [5.41, 5.74) is 1.09. The summed E-state index contributed by atoms with van der Waals surface area (Å²) in [6.07, 6.45) is 0.978. The molecule has 0 N–H and O–H groups in total. The number of aryl methyl sites for hydroxylation is 1. The Bertz CT molecular complexity index is 385. The highest BCUT2D eigenvalue weighted by Gasteiger charge is 2.36. The van der Waals surface area contributed by atoms with Gasteiger partial charge in [-0.3, -0.25) is 9.59 Å². The summed E-state index contributed by atoms with van der Waals surface area (Å²) in [7, 11) is 0. The molecular weight excluding hydrogens is 336 g/mol. The maximum absolute atomic E-state index is 11.8. The molecule has 0 radical (unpaired) electrons. The van der Waals surface area contributed by atoms with Crippen LogP contribution in [0.3, 0.4) is 0 Å². The van der Waals surface area contributed by atoms with Crippen LogP contribution in [0.4, 0.5) is 0 Å². The molecule has 0 aliphatic rings. The van der Waals surface area contributed by atoms with Gasteiger partial charge in [0.1, 0.15) is 0 Å². The van der Waals surface area contributed by atoms with Crippen LogP contribution in [-0.4, -0.2) is 14.8 Å². The third-order valence-electron chi connectivity index (χ3n) is 2.28. The Morgan fingerprint density at radius 1 is 1.19 bits per heavy atom. The van der Waals surface area contributed by atoms with Gasteiger partial charge >= 0.3 is 0 Å². The largest absolute Gasteiger partial charge is 0.297 e. The van der Waals surface area contributed by atoms with Crippen molar-refractivity contribution in [2.75, 3.05) is 0 Å². The van der Waals surface area contributed by atoms with Crippen molar-refractivity contribution in [2.24, 2.45) is 0 Å². The summed E-state index contributed by atoms with van der Waals surface area (Å²) in [5.74, 6) is -0.380. The van der Waals surface area contributed by atoms with Crippen molar-refractivity contribution in [3.05, 3.63) is 35.9 Å². The fourth-order valence-corrected chi connectivity index (χ4v) is 1.65. The SMILES string of the molecule is CC(=O)C(Br)(Br)C(=O)CCc1ccccc1. The number of rotatable bonds is 5. The number of hydrogen-bond acceptors (Lipinski definition) is 2. The Morgan fingerprint density at radius 3 is 2.25 bits per heavy atom. The Hall–Kier alpha value is -0.480. The van der Waals surface area contributed by atoms with Gasteiger partial charge in [-0.05, 0) is 18.9 Å². The summed E-state index contributed by atoms with van der Waals surface area (Å²) in [6.45, 7) is 1.38. The molecule has 0 spiro atoms. The molecule has 0 saturated carbocycles. The number of carbonyl (C=O) groups excluding carboxylic acids is 2. The highest BCUT2D eigenvalue weighted by atomic mass is 79.9. The van der Waals surface area contributed by atoms with Crippen molar-refractivity contribution in [3.8, 4) is 0 Å². The average Bonchev–Trinajstić information content (AvgIpc) is 2.27. The first-order chi connectivity index (χ1) is 7.44. The lowest BCUT2D eigenvalue weighted by atomic mass is 10.1. The number of ketones is 2. The maximum Gasteiger partial charge on any atom is 0.196 e.